The summed E-state index contributed by atoms with van der Waals surface area (Å²) in [4.78, 5) is 0. The summed E-state index contributed by atoms with van der Waals surface area (Å²) in [6.07, 6.45) is 4.22. The Kier molecular flexibility index (Phi) is 2.73. The van der Waals surface area contributed by atoms with E-state index < -0.39 is 0 Å². The van der Waals surface area contributed by atoms with E-state index in [9.17, 15) is 0 Å². The lowest BCUT2D eigenvalue weighted by Crippen LogP contribution is -1.88. The third kappa shape index (κ3) is 1.90. The van der Waals surface area contributed by atoms with Gasteiger partial charge in [-0.1, -0.05) is 33.6 Å². The Morgan fingerprint density at radius 2 is 1.86 bits per heavy atom. The molecular formula is C12H12BrN. The Labute approximate surface area is 92.5 Å². The van der Waals surface area contributed by atoms with Crippen LogP contribution in [-0.2, 0) is 5.33 Å². The van der Waals surface area contributed by atoms with Gasteiger partial charge in [0.2, 0.25) is 0 Å². The number of nitrogens with zero attached hydrogens (tertiary/aromatic N) is 1. The maximum Gasteiger partial charge on any atom is 0.0449 e. The molecule has 0 N–H and O–H groups in total. The maximum atomic E-state index is 3.44. The van der Waals surface area contributed by atoms with Gasteiger partial charge in [0, 0.05) is 23.4 Å². The predicted molar refractivity (Wildman–Crippen MR) is 63.1 cm³/mol. The molecule has 14 heavy (non-hydrogen) atoms. The highest BCUT2D eigenvalue weighted by Gasteiger charge is 1.97. The summed E-state index contributed by atoms with van der Waals surface area (Å²) in [5, 5.41) is 0.909. The highest BCUT2D eigenvalue weighted by atomic mass is 79.9. The lowest BCUT2D eigenvalue weighted by atomic mass is 10.2. The number of benzene rings is 1. The van der Waals surface area contributed by atoms with Crippen molar-refractivity contribution >= 4 is 15.9 Å². The van der Waals surface area contributed by atoms with Crippen LogP contribution in [0.15, 0.2) is 42.7 Å². The van der Waals surface area contributed by atoms with E-state index >= 15 is 0 Å². The summed E-state index contributed by atoms with van der Waals surface area (Å²) in [6, 6.07) is 10.6. The van der Waals surface area contributed by atoms with Crippen molar-refractivity contribution in [1.82, 2.24) is 4.57 Å². The van der Waals surface area contributed by atoms with E-state index in [0.717, 1.165) is 5.33 Å². The molecule has 72 valence electrons. The number of halogens is 1. The second-order valence-corrected chi connectivity index (χ2v) is 3.96. The Bertz CT molecular complexity index is 414. The fourth-order valence-corrected chi connectivity index (χ4v) is 1.73. The number of hydrogen-bond donors (Lipinski definition) is 0. The van der Waals surface area contributed by atoms with Gasteiger partial charge in [-0.15, -0.1) is 0 Å². The van der Waals surface area contributed by atoms with Gasteiger partial charge in [0.25, 0.3) is 0 Å². The zero-order valence-corrected chi connectivity index (χ0v) is 9.66. The summed E-state index contributed by atoms with van der Waals surface area (Å²) < 4.78 is 2.13. The van der Waals surface area contributed by atoms with Gasteiger partial charge >= 0.3 is 0 Å². The second-order valence-electron chi connectivity index (χ2n) is 3.40. The SMILES string of the molecule is Cc1ccc(-n2ccc(CBr)c2)cc1. The second kappa shape index (κ2) is 4.01. The van der Waals surface area contributed by atoms with E-state index in [0.29, 0.717) is 0 Å². The Morgan fingerprint density at radius 1 is 1.14 bits per heavy atom. The number of aromatic nitrogens is 1. The first kappa shape index (κ1) is 9.53. The molecule has 0 unspecified atom stereocenters. The van der Waals surface area contributed by atoms with Gasteiger partial charge in [-0.2, -0.15) is 0 Å². The molecule has 1 nitrogen and oxygen atoms in total. The van der Waals surface area contributed by atoms with Gasteiger partial charge in [-0.25, -0.2) is 0 Å². The van der Waals surface area contributed by atoms with E-state index in [1.807, 2.05) is 0 Å². The van der Waals surface area contributed by atoms with E-state index in [1.165, 1.54) is 16.8 Å². The van der Waals surface area contributed by atoms with E-state index in [-0.39, 0.29) is 0 Å². The molecule has 0 aliphatic carbocycles. The highest BCUT2D eigenvalue weighted by molar-refractivity contribution is 9.08. The van der Waals surface area contributed by atoms with Gasteiger partial charge in [0.05, 0.1) is 0 Å². The Balaban J connectivity index is 2.34. The van der Waals surface area contributed by atoms with Crippen molar-refractivity contribution in [2.45, 2.75) is 12.3 Å². The minimum Gasteiger partial charge on any atom is -0.324 e. The molecule has 0 amide bonds. The molecule has 0 radical (unpaired) electrons. The summed E-state index contributed by atoms with van der Waals surface area (Å²) in [5.41, 5.74) is 3.80. The van der Waals surface area contributed by atoms with Crippen LogP contribution in [0.4, 0.5) is 0 Å². The zero-order chi connectivity index (χ0) is 9.97. The molecule has 0 aliphatic rings. The Morgan fingerprint density at radius 3 is 2.43 bits per heavy atom. The lowest BCUT2D eigenvalue weighted by molar-refractivity contribution is 1.07. The van der Waals surface area contributed by atoms with Gasteiger partial charge < -0.3 is 4.57 Å². The normalized spacial score (nSPS) is 10.4. The third-order valence-corrected chi connectivity index (χ3v) is 2.89. The topological polar surface area (TPSA) is 4.93 Å². The summed E-state index contributed by atoms with van der Waals surface area (Å²) in [5.74, 6) is 0. The molecule has 2 rings (SSSR count). The summed E-state index contributed by atoms with van der Waals surface area (Å²) in [7, 11) is 0. The maximum absolute atomic E-state index is 3.44. The van der Waals surface area contributed by atoms with Crippen LogP contribution in [0.2, 0.25) is 0 Å². The van der Waals surface area contributed by atoms with Crippen LogP contribution in [-0.4, -0.2) is 4.57 Å². The molecule has 0 bridgehead atoms. The molecule has 1 heterocycles. The third-order valence-electron chi connectivity index (χ3n) is 2.24. The molecule has 0 aliphatic heterocycles. The number of rotatable bonds is 2. The molecule has 0 saturated carbocycles. The first-order chi connectivity index (χ1) is 6.79. The van der Waals surface area contributed by atoms with Crippen LogP contribution in [0.1, 0.15) is 11.1 Å². The first-order valence-electron chi connectivity index (χ1n) is 4.59. The molecular weight excluding hydrogens is 238 g/mol. The van der Waals surface area contributed by atoms with Crippen molar-refractivity contribution in [3.05, 3.63) is 53.9 Å². The van der Waals surface area contributed by atoms with Crippen molar-refractivity contribution in [3.63, 3.8) is 0 Å². The average Bonchev–Trinajstić information content (AvgIpc) is 2.67. The standard InChI is InChI=1S/C12H12BrN/c1-10-2-4-12(5-3-10)14-7-6-11(8-13)9-14/h2-7,9H,8H2,1H3. The predicted octanol–water partition coefficient (Wildman–Crippen LogP) is 3.68. The van der Waals surface area contributed by atoms with Gasteiger partial charge in [-0.05, 0) is 30.7 Å². The molecule has 0 fully saturated rings. The highest BCUT2D eigenvalue weighted by Crippen LogP contribution is 2.13. The van der Waals surface area contributed by atoms with Crippen LogP contribution >= 0.6 is 15.9 Å². The van der Waals surface area contributed by atoms with Crippen LogP contribution in [0, 0.1) is 6.92 Å². The Hall–Kier alpha value is -1.02. The summed E-state index contributed by atoms with van der Waals surface area (Å²) in [6.45, 7) is 2.10. The molecule has 1 aromatic heterocycles. The number of alkyl halides is 1. The van der Waals surface area contributed by atoms with Crippen molar-refractivity contribution < 1.29 is 0 Å². The van der Waals surface area contributed by atoms with E-state index in [1.54, 1.807) is 0 Å². The van der Waals surface area contributed by atoms with Crippen molar-refractivity contribution in [2.24, 2.45) is 0 Å². The molecule has 2 heteroatoms. The molecule has 2 aromatic rings. The van der Waals surface area contributed by atoms with Crippen LogP contribution in [0.25, 0.3) is 5.69 Å². The van der Waals surface area contributed by atoms with Gasteiger partial charge in [0.15, 0.2) is 0 Å². The molecule has 1 aromatic carbocycles. The largest absolute Gasteiger partial charge is 0.324 e. The van der Waals surface area contributed by atoms with Crippen molar-refractivity contribution in [3.8, 4) is 5.69 Å². The van der Waals surface area contributed by atoms with Gasteiger partial charge in [0.1, 0.15) is 0 Å². The number of aryl methyl sites for hydroxylation is 1. The first-order valence-corrected chi connectivity index (χ1v) is 5.71. The molecule has 0 saturated heterocycles. The van der Waals surface area contributed by atoms with E-state index in [2.05, 4.69) is 70.1 Å². The molecule has 0 spiro atoms. The minimum atomic E-state index is 0.909. The lowest BCUT2D eigenvalue weighted by Gasteiger charge is -2.02. The average molecular weight is 250 g/mol. The minimum absolute atomic E-state index is 0.909. The van der Waals surface area contributed by atoms with Crippen molar-refractivity contribution in [1.29, 1.82) is 0 Å². The van der Waals surface area contributed by atoms with Gasteiger partial charge in [-0.3, -0.25) is 0 Å². The van der Waals surface area contributed by atoms with Crippen LogP contribution in [0.3, 0.4) is 0 Å². The van der Waals surface area contributed by atoms with E-state index in [4.69, 9.17) is 0 Å². The monoisotopic (exact) mass is 249 g/mol. The zero-order valence-electron chi connectivity index (χ0n) is 8.07. The van der Waals surface area contributed by atoms with Crippen molar-refractivity contribution in [2.75, 3.05) is 0 Å². The van der Waals surface area contributed by atoms with Crippen LogP contribution < -0.4 is 0 Å². The fourth-order valence-electron chi connectivity index (χ4n) is 1.40. The summed E-state index contributed by atoms with van der Waals surface area (Å²) >= 11 is 3.44. The fraction of sp³-hybridized carbons (Fsp3) is 0.167. The smallest absolute Gasteiger partial charge is 0.0449 e. The quantitative estimate of drug-likeness (QED) is 0.716. The molecule has 0 atom stereocenters. The van der Waals surface area contributed by atoms with Crippen LogP contribution in [0.5, 0.6) is 0 Å². The number of hydrogen-bond acceptors (Lipinski definition) is 0.